The summed E-state index contributed by atoms with van der Waals surface area (Å²) in [6.07, 6.45) is 5.00. The zero-order valence-electron chi connectivity index (χ0n) is 10.7. The van der Waals surface area contributed by atoms with Gasteiger partial charge >= 0.3 is 0 Å². The van der Waals surface area contributed by atoms with Crippen molar-refractivity contribution < 1.29 is 13.5 Å². The monoisotopic (exact) mass is 277 g/mol. The molecule has 0 amide bonds. The molecular formula is C11H23N3O3S. The van der Waals surface area contributed by atoms with Gasteiger partial charge in [0.15, 0.2) is 0 Å². The first-order valence-electron chi connectivity index (χ1n) is 6.75. The molecule has 0 spiro atoms. The number of rotatable bonds is 4. The van der Waals surface area contributed by atoms with Crippen LogP contribution in [0.4, 0.5) is 0 Å². The van der Waals surface area contributed by atoms with Crippen LogP contribution in [-0.2, 0) is 10.2 Å². The maximum absolute atomic E-state index is 12.2. The molecule has 0 bridgehead atoms. The molecule has 7 heteroatoms. The summed E-state index contributed by atoms with van der Waals surface area (Å²) in [6.45, 7) is 2.63. The minimum absolute atomic E-state index is 0.0652. The molecule has 0 aromatic rings. The Hall–Kier alpha value is -0.210. The third kappa shape index (κ3) is 3.64. The maximum atomic E-state index is 12.2. The Balaban J connectivity index is 1.92. The van der Waals surface area contributed by atoms with Crippen molar-refractivity contribution in [2.24, 2.45) is 5.92 Å². The zero-order valence-corrected chi connectivity index (χ0v) is 11.5. The van der Waals surface area contributed by atoms with Crippen LogP contribution < -0.4 is 4.83 Å². The summed E-state index contributed by atoms with van der Waals surface area (Å²) < 4.78 is 25.9. The van der Waals surface area contributed by atoms with Gasteiger partial charge < -0.3 is 5.11 Å². The molecule has 18 heavy (non-hydrogen) atoms. The van der Waals surface area contributed by atoms with Crippen LogP contribution in [0.25, 0.3) is 0 Å². The van der Waals surface area contributed by atoms with Crippen molar-refractivity contribution in [1.29, 1.82) is 0 Å². The molecule has 0 radical (unpaired) electrons. The summed E-state index contributed by atoms with van der Waals surface area (Å²) in [5.41, 5.74) is 0. The minimum Gasteiger partial charge on any atom is -0.396 e. The summed E-state index contributed by atoms with van der Waals surface area (Å²) in [4.78, 5) is 2.66. The Labute approximate surface area is 109 Å². The minimum atomic E-state index is -3.43. The quantitative estimate of drug-likeness (QED) is 0.754. The Bertz CT molecular complexity index is 355. The van der Waals surface area contributed by atoms with Crippen LogP contribution in [0.1, 0.15) is 32.1 Å². The second-order valence-corrected chi connectivity index (χ2v) is 6.84. The molecule has 106 valence electrons. The molecule has 0 aliphatic carbocycles. The highest BCUT2D eigenvalue weighted by atomic mass is 32.2. The lowest BCUT2D eigenvalue weighted by atomic mass is 10.0. The average molecular weight is 277 g/mol. The van der Waals surface area contributed by atoms with Gasteiger partial charge in [0.2, 0.25) is 0 Å². The van der Waals surface area contributed by atoms with E-state index in [0.717, 1.165) is 38.8 Å². The molecule has 0 saturated carbocycles. The van der Waals surface area contributed by atoms with Gasteiger partial charge in [-0.3, -0.25) is 0 Å². The summed E-state index contributed by atoms with van der Waals surface area (Å²) in [5, 5.41) is 10.9. The topological polar surface area (TPSA) is 72.9 Å². The van der Waals surface area contributed by atoms with Crippen molar-refractivity contribution in [1.82, 2.24) is 14.1 Å². The number of nitrogens with one attached hydrogen (secondary N) is 1. The molecule has 0 aromatic heterocycles. The number of piperidine rings is 2. The van der Waals surface area contributed by atoms with Gasteiger partial charge in [0.25, 0.3) is 10.2 Å². The summed E-state index contributed by atoms with van der Waals surface area (Å²) in [7, 11) is -3.43. The van der Waals surface area contributed by atoms with E-state index in [-0.39, 0.29) is 12.5 Å². The SMILES string of the molecule is O=S(=O)(NN1CCCCC1)N1CCCC(CO)C1. The fourth-order valence-electron chi connectivity index (χ4n) is 2.60. The van der Waals surface area contributed by atoms with Crippen molar-refractivity contribution in [3.63, 3.8) is 0 Å². The van der Waals surface area contributed by atoms with Gasteiger partial charge in [-0.1, -0.05) is 6.42 Å². The summed E-state index contributed by atoms with van der Waals surface area (Å²) in [6, 6.07) is 0. The fourth-order valence-corrected chi connectivity index (χ4v) is 4.00. The lowest BCUT2D eigenvalue weighted by molar-refractivity contribution is 0.155. The van der Waals surface area contributed by atoms with Crippen LogP contribution in [0.3, 0.4) is 0 Å². The van der Waals surface area contributed by atoms with Crippen molar-refractivity contribution in [3.8, 4) is 0 Å². The first kappa shape index (κ1) is 14.2. The van der Waals surface area contributed by atoms with E-state index >= 15 is 0 Å². The average Bonchev–Trinajstić information content (AvgIpc) is 2.39. The summed E-state index contributed by atoms with van der Waals surface area (Å²) in [5.74, 6) is 0.0803. The van der Waals surface area contributed by atoms with E-state index in [0.29, 0.717) is 13.1 Å². The number of nitrogens with zero attached hydrogens (tertiary/aromatic N) is 2. The normalized spacial score (nSPS) is 28.4. The van der Waals surface area contributed by atoms with Crippen LogP contribution in [0, 0.1) is 5.92 Å². The highest BCUT2D eigenvalue weighted by molar-refractivity contribution is 7.87. The smallest absolute Gasteiger partial charge is 0.292 e. The number of aliphatic hydroxyl groups excluding tert-OH is 1. The van der Waals surface area contributed by atoms with Crippen molar-refractivity contribution in [2.75, 3.05) is 32.8 Å². The highest BCUT2D eigenvalue weighted by Crippen LogP contribution is 2.18. The second-order valence-electron chi connectivity index (χ2n) is 5.19. The molecule has 2 heterocycles. The zero-order chi connectivity index (χ0) is 13.0. The van der Waals surface area contributed by atoms with Crippen LogP contribution >= 0.6 is 0 Å². The lowest BCUT2D eigenvalue weighted by Gasteiger charge is -2.34. The molecule has 2 aliphatic heterocycles. The predicted molar refractivity (Wildman–Crippen MR) is 68.9 cm³/mol. The maximum Gasteiger partial charge on any atom is 0.292 e. The Kier molecular flexibility index (Phi) is 4.97. The molecule has 2 fully saturated rings. The molecule has 1 unspecified atom stereocenters. The van der Waals surface area contributed by atoms with Gasteiger partial charge in [0.05, 0.1) is 0 Å². The van der Waals surface area contributed by atoms with Gasteiger partial charge in [0, 0.05) is 32.8 Å². The van der Waals surface area contributed by atoms with Crippen molar-refractivity contribution >= 4 is 10.2 Å². The molecule has 2 saturated heterocycles. The third-order valence-corrected chi connectivity index (χ3v) is 5.18. The van der Waals surface area contributed by atoms with Crippen LogP contribution in [0.5, 0.6) is 0 Å². The van der Waals surface area contributed by atoms with E-state index in [1.165, 1.54) is 10.7 Å². The molecular weight excluding hydrogens is 254 g/mol. The van der Waals surface area contributed by atoms with Gasteiger partial charge in [-0.25, -0.2) is 5.01 Å². The standard InChI is InChI=1S/C11H23N3O3S/c15-10-11-5-4-8-14(9-11)18(16,17)12-13-6-2-1-3-7-13/h11-12,15H,1-10H2. The highest BCUT2D eigenvalue weighted by Gasteiger charge is 2.30. The molecule has 1 atom stereocenters. The number of hydrogen-bond acceptors (Lipinski definition) is 4. The summed E-state index contributed by atoms with van der Waals surface area (Å²) >= 11 is 0. The van der Waals surface area contributed by atoms with Gasteiger partial charge in [-0.2, -0.15) is 12.7 Å². The first-order valence-corrected chi connectivity index (χ1v) is 8.19. The predicted octanol–water partition coefficient (Wildman–Crippen LogP) is -0.0740. The van der Waals surface area contributed by atoms with E-state index < -0.39 is 10.2 Å². The van der Waals surface area contributed by atoms with Gasteiger partial charge in [0.1, 0.15) is 0 Å². The van der Waals surface area contributed by atoms with Gasteiger partial charge in [-0.05, 0) is 31.6 Å². The largest absolute Gasteiger partial charge is 0.396 e. The molecule has 6 nitrogen and oxygen atoms in total. The second kappa shape index (κ2) is 6.29. The Morgan fingerprint density at radius 3 is 2.50 bits per heavy atom. The van der Waals surface area contributed by atoms with E-state index in [2.05, 4.69) is 4.83 Å². The lowest BCUT2D eigenvalue weighted by Crippen LogP contribution is -2.53. The number of hydrazine groups is 1. The van der Waals surface area contributed by atoms with E-state index in [9.17, 15) is 8.42 Å². The van der Waals surface area contributed by atoms with E-state index in [1.807, 2.05) is 0 Å². The molecule has 2 aliphatic rings. The molecule has 2 N–H and O–H groups in total. The first-order chi connectivity index (χ1) is 8.62. The molecule has 2 rings (SSSR count). The third-order valence-electron chi connectivity index (χ3n) is 3.68. The fraction of sp³-hybridized carbons (Fsp3) is 1.00. The van der Waals surface area contributed by atoms with E-state index in [4.69, 9.17) is 5.11 Å². The number of aliphatic hydroxyl groups is 1. The van der Waals surface area contributed by atoms with Crippen molar-refractivity contribution in [3.05, 3.63) is 0 Å². The van der Waals surface area contributed by atoms with Crippen LogP contribution in [0.2, 0.25) is 0 Å². The van der Waals surface area contributed by atoms with Crippen molar-refractivity contribution in [2.45, 2.75) is 32.1 Å². The van der Waals surface area contributed by atoms with Crippen LogP contribution in [-0.4, -0.2) is 55.6 Å². The van der Waals surface area contributed by atoms with E-state index in [1.54, 1.807) is 5.01 Å². The Morgan fingerprint density at radius 1 is 1.11 bits per heavy atom. The van der Waals surface area contributed by atoms with Crippen LogP contribution in [0.15, 0.2) is 0 Å². The molecule has 0 aromatic carbocycles. The Morgan fingerprint density at radius 2 is 1.83 bits per heavy atom. The van der Waals surface area contributed by atoms with Gasteiger partial charge in [-0.15, -0.1) is 4.83 Å². The number of hydrogen-bond donors (Lipinski definition) is 2.